The quantitative estimate of drug-likeness (QED) is 0.0507. The third-order valence-corrected chi connectivity index (χ3v) is 11.9. The highest BCUT2D eigenvalue weighted by Crippen LogP contribution is 2.62. The molecule has 62 heavy (non-hydrogen) atoms. The van der Waals surface area contributed by atoms with Gasteiger partial charge in [-0.1, -0.05) is 60.5 Å². The minimum Gasteiger partial charge on any atom is -0.459 e. The zero-order valence-corrected chi connectivity index (χ0v) is 35.3. The third kappa shape index (κ3) is 10.5. The first-order chi connectivity index (χ1) is 30.3. The maximum absolute atomic E-state index is 14.9. The zero-order chi connectivity index (χ0) is 43.9. The predicted molar refractivity (Wildman–Crippen MR) is 231 cm³/mol. The summed E-state index contributed by atoms with van der Waals surface area (Å²) in [7, 11) is 1.48. The van der Waals surface area contributed by atoms with E-state index in [2.05, 4.69) is 29.2 Å². The summed E-state index contributed by atoms with van der Waals surface area (Å²) in [6.07, 6.45) is 7.64. The fraction of sp³-hybridized carbons (Fsp3) is 0.458. The Morgan fingerprint density at radius 3 is 2.45 bits per heavy atom. The lowest BCUT2D eigenvalue weighted by molar-refractivity contribution is -0.254. The van der Waals surface area contributed by atoms with Gasteiger partial charge in [0.2, 0.25) is 5.79 Å². The Bertz CT molecular complexity index is 2070. The van der Waals surface area contributed by atoms with Gasteiger partial charge in [0.15, 0.2) is 0 Å². The maximum atomic E-state index is 14.9. The van der Waals surface area contributed by atoms with Crippen molar-refractivity contribution in [2.24, 2.45) is 22.9 Å². The number of benzene rings is 3. The van der Waals surface area contributed by atoms with E-state index >= 15 is 0 Å². The number of ether oxygens (including phenoxy) is 4. The van der Waals surface area contributed by atoms with Gasteiger partial charge in [-0.3, -0.25) is 4.79 Å². The van der Waals surface area contributed by atoms with Gasteiger partial charge in [0.25, 0.3) is 5.91 Å². The van der Waals surface area contributed by atoms with Gasteiger partial charge in [0.1, 0.15) is 24.7 Å². The van der Waals surface area contributed by atoms with Crippen molar-refractivity contribution < 1.29 is 48.7 Å². The van der Waals surface area contributed by atoms with Gasteiger partial charge >= 0.3 is 6.09 Å². The van der Waals surface area contributed by atoms with E-state index in [0.29, 0.717) is 41.2 Å². The molecule has 6 unspecified atom stereocenters. The highest BCUT2D eigenvalue weighted by molar-refractivity contribution is 6.03. The van der Waals surface area contributed by atoms with Crippen molar-refractivity contribution in [3.8, 4) is 17.6 Å². The topological polar surface area (TPSA) is 192 Å². The lowest BCUT2D eigenvalue weighted by atomic mass is 9.55. The summed E-state index contributed by atoms with van der Waals surface area (Å²) in [5, 5.41) is 46.3. The van der Waals surface area contributed by atoms with Gasteiger partial charge in [-0.05, 0) is 91.1 Å². The van der Waals surface area contributed by atoms with Crippen molar-refractivity contribution >= 4 is 17.7 Å². The number of fused-ring (bicyclic) bond motifs is 2. The normalized spacial score (nSPS) is 22.9. The number of hydrogen-bond acceptors (Lipinski definition) is 12. The molecule has 0 saturated heterocycles. The molecule has 6 rings (SSSR count). The van der Waals surface area contributed by atoms with Crippen LogP contribution in [0.25, 0.3) is 0 Å². The van der Waals surface area contributed by atoms with Crippen molar-refractivity contribution in [3.63, 3.8) is 0 Å². The summed E-state index contributed by atoms with van der Waals surface area (Å²) in [5.41, 5.74) is 3.92. The second-order valence-electron chi connectivity index (χ2n) is 15.7. The molecule has 14 heteroatoms. The minimum absolute atomic E-state index is 0.000152. The molecule has 3 aliphatic rings. The molecule has 1 saturated carbocycles. The van der Waals surface area contributed by atoms with Gasteiger partial charge in [0.05, 0.1) is 49.7 Å². The largest absolute Gasteiger partial charge is 0.459 e. The summed E-state index contributed by atoms with van der Waals surface area (Å²) in [5.74, 6) is -2.07. The van der Waals surface area contributed by atoms with E-state index in [1.165, 1.54) is 7.11 Å². The minimum atomic E-state index is -1.54. The van der Waals surface area contributed by atoms with Crippen molar-refractivity contribution in [2.75, 3.05) is 53.3 Å². The molecular formula is C48H58N4O10. The Balaban J connectivity index is 1.53. The molecule has 1 fully saturated rings. The van der Waals surface area contributed by atoms with E-state index in [9.17, 15) is 30.2 Å². The van der Waals surface area contributed by atoms with E-state index in [-0.39, 0.29) is 82.8 Å². The average molecular weight is 851 g/mol. The Labute approximate surface area is 363 Å². The predicted octanol–water partition coefficient (Wildman–Crippen LogP) is 6.26. The number of unbranched alkanes of at least 4 members (excludes halogenated alkanes) is 2. The van der Waals surface area contributed by atoms with E-state index < -0.39 is 23.8 Å². The lowest BCUT2D eigenvalue weighted by Gasteiger charge is -2.60. The number of nitrogens with one attached hydrogen (secondary N) is 1. The van der Waals surface area contributed by atoms with Crippen molar-refractivity contribution in [1.82, 2.24) is 10.2 Å². The fourth-order valence-electron chi connectivity index (χ4n) is 9.32. The third-order valence-electron chi connectivity index (χ3n) is 11.9. The van der Waals surface area contributed by atoms with Crippen LogP contribution in [0.4, 0.5) is 4.79 Å². The molecule has 2 amide bonds. The molecule has 0 aromatic heterocycles. The number of amides is 2. The molecule has 3 aromatic rings. The van der Waals surface area contributed by atoms with Crippen LogP contribution >= 0.6 is 0 Å². The Morgan fingerprint density at radius 1 is 1.00 bits per heavy atom. The van der Waals surface area contributed by atoms with Crippen molar-refractivity contribution in [2.45, 2.75) is 69.2 Å². The number of nitrogens with zero attached hydrogens (tertiary/aromatic N) is 3. The molecule has 1 aliphatic heterocycles. The van der Waals surface area contributed by atoms with Crippen LogP contribution in [0.1, 0.15) is 77.9 Å². The Morgan fingerprint density at radius 2 is 1.76 bits per heavy atom. The van der Waals surface area contributed by atoms with Crippen LogP contribution in [0.5, 0.6) is 11.5 Å². The highest BCUT2D eigenvalue weighted by atomic mass is 16.7. The van der Waals surface area contributed by atoms with Gasteiger partial charge in [0, 0.05) is 49.8 Å². The number of nitriles is 1. The summed E-state index contributed by atoms with van der Waals surface area (Å²) in [6, 6.07) is 22.5. The van der Waals surface area contributed by atoms with Crippen LogP contribution in [0.15, 0.2) is 102 Å². The fourth-order valence-corrected chi connectivity index (χ4v) is 9.32. The second-order valence-corrected chi connectivity index (χ2v) is 15.7. The van der Waals surface area contributed by atoms with E-state index in [1.54, 1.807) is 47.4 Å². The molecule has 2 aliphatic carbocycles. The van der Waals surface area contributed by atoms with Crippen LogP contribution < -0.4 is 14.8 Å². The first kappa shape index (κ1) is 46.0. The molecule has 0 spiro atoms. The van der Waals surface area contributed by atoms with Gasteiger partial charge in [-0.15, -0.1) is 6.58 Å². The second kappa shape index (κ2) is 22.5. The number of aliphatic hydroxyl groups is 3. The first-order valence-corrected chi connectivity index (χ1v) is 21.4. The summed E-state index contributed by atoms with van der Waals surface area (Å²) >= 11 is 0. The molecule has 4 N–H and O–H groups in total. The van der Waals surface area contributed by atoms with Crippen LogP contribution in [0.3, 0.4) is 0 Å². The van der Waals surface area contributed by atoms with Gasteiger partial charge in [-0.25, -0.2) is 4.79 Å². The van der Waals surface area contributed by atoms with E-state index in [4.69, 9.17) is 23.8 Å². The SMILES string of the molecule is C=CCOC12Oc3ccc(OC(=O)NCc4ccccc4)cc3C3C(CCCCO)C(CCCCO)C=C(C(=NOC)CC1N(CCOCCO)C(=O)c1ccc(C#N)cc1)C32. The molecular weight excluding hydrogens is 793 g/mol. The van der Waals surface area contributed by atoms with Crippen molar-refractivity contribution in [3.05, 3.63) is 119 Å². The molecule has 6 atom stereocenters. The molecule has 330 valence electrons. The summed E-state index contributed by atoms with van der Waals surface area (Å²) < 4.78 is 25.9. The molecule has 14 nitrogen and oxygen atoms in total. The summed E-state index contributed by atoms with van der Waals surface area (Å²) in [6.45, 7) is 4.49. The molecule has 1 heterocycles. The average Bonchev–Trinajstić information content (AvgIpc) is 3.29. The lowest BCUT2D eigenvalue weighted by Crippen LogP contribution is -2.70. The van der Waals surface area contributed by atoms with Crippen LogP contribution in [0.2, 0.25) is 0 Å². The highest BCUT2D eigenvalue weighted by Gasteiger charge is 2.65. The van der Waals surface area contributed by atoms with Crippen LogP contribution in [0, 0.1) is 29.1 Å². The zero-order valence-electron chi connectivity index (χ0n) is 35.3. The number of allylic oxidation sites excluding steroid dienone is 1. The van der Waals surface area contributed by atoms with Crippen molar-refractivity contribution in [1.29, 1.82) is 5.26 Å². The maximum Gasteiger partial charge on any atom is 0.412 e. The molecule has 3 aromatic carbocycles. The smallest absolute Gasteiger partial charge is 0.412 e. The number of carbonyl (C=O) groups excluding carboxylic acids is 2. The number of rotatable bonds is 22. The molecule has 0 radical (unpaired) electrons. The van der Waals surface area contributed by atoms with Gasteiger partial charge < -0.3 is 49.3 Å². The Hall–Kier alpha value is -5.56. The number of hydrogen-bond donors (Lipinski definition) is 4. The summed E-state index contributed by atoms with van der Waals surface area (Å²) in [4.78, 5) is 35.3. The van der Waals surface area contributed by atoms with E-state index in [1.807, 2.05) is 36.4 Å². The monoisotopic (exact) mass is 850 g/mol. The van der Waals surface area contributed by atoms with Crippen LogP contribution in [-0.2, 0) is 20.9 Å². The van der Waals surface area contributed by atoms with Crippen LogP contribution in [-0.4, -0.2) is 103 Å². The molecule has 0 bridgehead atoms. The van der Waals surface area contributed by atoms with E-state index in [0.717, 1.165) is 42.4 Å². The first-order valence-electron chi connectivity index (χ1n) is 21.4. The number of oxime groups is 1. The number of aliphatic hydroxyl groups excluding tert-OH is 3. The standard InChI is InChI=1S/C48H58N4O10/c1-3-25-60-48-43(52(21-26-59-27-24-55)46(56)35-17-15-33(31-49)16-18-35)30-41(51-58-2)39-28-36(13-7-9-22-53)38(14-8-10-23-54)44(45(39)48)40-29-37(19-20-42(40)62-48)61-47(57)50-32-34-11-5-4-6-12-34/h3-6,11-12,15-20,28-29,36,38,43-45,53-55H,1,7-10,13-14,21-27,30,32H2,2H3,(H,50,57). The Kier molecular flexibility index (Phi) is 16.7. The van der Waals surface area contributed by atoms with Gasteiger partial charge in [-0.2, -0.15) is 5.26 Å². The number of carbonyl (C=O) groups is 2.